The fourth-order valence-corrected chi connectivity index (χ4v) is 2.80. The number of rotatable bonds is 2. The van der Waals surface area contributed by atoms with Crippen LogP contribution in [0.5, 0.6) is 11.5 Å². The van der Waals surface area contributed by atoms with Crippen LogP contribution in [0.15, 0.2) is 57.5 Å². The van der Waals surface area contributed by atoms with Crippen molar-refractivity contribution in [3.05, 3.63) is 57.5 Å². The molecule has 7 heteroatoms. The minimum absolute atomic E-state index is 0.176. The Balaban J connectivity index is 0.000000159. The lowest BCUT2D eigenvalue weighted by Crippen LogP contribution is -2.15. The molecule has 5 nitrogen and oxygen atoms in total. The molecule has 0 aliphatic carbocycles. The molecule has 4 rings (SSSR count). The van der Waals surface area contributed by atoms with Gasteiger partial charge < -0.3 is 24.4 Å². The van der Waals surface area contributed by atoms with Crippen LogP contribution < -0.4 is 4.74 Å². The van der Waals surface area contributed by atoms with Crippen LogP contribution in [0.3, 0.4) is 0 Å². The SMILES string of the molecule is Brc1ccc(OC2CCOC2)cc1.OC1CCOC1.Oc1ccc(Br)cc1. The van der Waals surface area contributed by atoms with Gasteiger partial charge in [0.1, 0.15) is 17.6 Å². The first-order valence-corrected chi connectivity index (χ1v) is 10.3. The molecule has 2 heterocycles. The molecule has 2 N–H and O–H groups in total. The van der Waals surface area contributed by atoms with E-state index in [1.165, 1.54) is 0 Å². The zero-order chi connectivity index (χ0) is 19.5. The van der Waals surface area contributed by atoms with E-state index < -0.39 is 0 Å². The van der Waals surface area contributed by atoms with Crippen molar-refractivity contribution in [1.29, 1.82) is 0 Å². The molecule has 2 aromatic carbocycles. The molecule has 27 heavy (non-hydrogen) atoms. The Bertz CT molecular complexity index is 615. The first kappa shape index (κ1) is 22.2. The van der Waals surface area contributed by atoms with Crippen molar-refractivity contribution in [1.82, 2.24) is 0 Å². The number of halogens is 2. The molecular formula is C20H24Br2O5. The number of hydrogen-bond donors (Lipinski definition) is 2. The minimum atomic E-state index is -0.176. The maximum Gasteiger partial charge on any atom is 0.124 e. The highest BCUT2D eigenvalue weighted by molar-refractivity contribution is 9.10. The number of aromatic hydroxyl groups is 1. The van der Waals surface area contributed by atoms with Crippen LogP contribution in [0.4, 0.5) is 0 Å². The molecule has 0 radical (unpaired) electrons. The smallest absolute Gasteiger partial charge is 0.124 e. The maximum absolute atomic E-state index is 8.74. The van der Waals surface area contributed by atoms with E-state index in [0.29, 0.717) is 12.4 Å². The second-order valence-electron chi connectivity index (χ2n) is 6.05. The number of benzene rings is 2. The lowest BCUT2D eigenvalue weighted by molar-refractivity contribution is 0.127. The number of phenolic OH excluding ortho intramolecular Hbond substituents is 1. The Morgan fingerprint density at radius 2 is 1.37 bits per heavy atom. The average molecular weight is 504 g/mol. The summed E-state index contributed by atoms with van der Waals surface area (Å²) < 4.78 is 17.8. The highest BCUT2D eigenvalue weighted by Gasteiger charge is 2.16. The van der Waals surface area contributed by atoms with E-state index in [0.717, 1.165) is 47.4 Å². The first-order valence-electron chi connectivity index (χ1n) is 8.73. The van der Waals surface area contributed by atoms with Crippen LogP contribution in [0, 0.1) is 0 Å². The summed E-state index contributed by atoms with van der Waals surface area (Å²) in [4.78, 5) is 0. The molecule has 2 fully saturated rings. The standard InChI is InChI=1S/C10H11BrO2.C6H5BrO.C4H8O2/c11-8-1-3-9(4-2-8)13-10-5-6-12-7-10;7-5-1-3-6(8)4-2-5;5-4-1-2-6-3-4/h1-4,10H,5-7H2;1-4,8H;4-5H,1-3H2. The Labute approximate surface area is 176 Å². The molecule has 2 atom stereocenters. The lowest BCUT2D eigenvalue weighted by Gasteiger charge is -2.11. The number of aliphatic hydroxyl groups is 1. The molecule has 0 spiro atoms. The van der Waals surface area contributed by atoms with E-state index in [1.807, 2.05) is 24.3 Å². The van der Waals surface area contributed by atoms with Gasteiger partial charge in [0, 0.05) is 22.0 Å². The summed E-state index contributed by atoms with van der Waals surface area (Å²) >= 11 is 6.61. The number of aliphatic hydroxyl groups excluding tert-OH is 1. The monoisotopic (exact) mass is 502 g/mol. The first-order chi connectivity index (χ1) is 13.0. The molecule has 148 valence electrons. The van der Waals surface area contributed by atoms with Crippen molar-refractivity contribution in [3.8, 4) is 11.5 Å². The number of phenols is 1. The second kappa shape index (κ2) is 12.4. The van der Waals surface area contributed by atoms with Crippen LogP contribution in [-0.4, -0.2) is 48.8 Å². The third-order valence-corrected chi connectivity index (χ3v) is 4.79. The Morgan fingerprint density at radius 1 is 0.815 bits per heavy atom. The van der Waals surface area contributed by atoms with Gasteiger partial charge >= 0.3 is 0 Å². The van der Waals surface area contributed by atoms with Crippen molar-refractivity contribution < 1.29 is 24.4 Å². The summed E-state index contributed by atoms with van der Waals surface area (Å²) in [7, 11) is 0. The van der Waals surface area contributed by atoms with Gasteiger partial charge in [-0.05, 0) is 55.0 Å². The molecule has 0 bridgehead atoms. The predicted octanol–water partition coefficient (Wildman–Crippen LogP) is 4.54. The Kier molecular flexibility index (Phi) is 10.2. The third kappa shape index (κ3) is 9.58. The van der Waals surface area contributed by atoms with Gasteiger partial charge in [0.15, 0.2) is 0 Å². The Hall–Kier alpha value is -1.12. The van der Waals surface area contributed by atoms with E-state index >= 15 is 0 Å². The van der Waals surface area contributed by atoms with Gasteiger partial charge in [0.05, 0.1) is 25.9 Å². The van der Waals surface area contributed by atoms with Gasteiger partial charge in [0.2, 0.25) is 0 Å². The van der Waals surface area contributed by atoms with Crippen LogP contribution >= 0.6 is 31.9 Å². The van der Waals surface area contributed by atoms with Crippen molar-refractivity contribution in [3.63, 3.8) is 0 Å². The highest BCUT2D eigenvalue weighted by atomic mass is 79.9. The van der Waals surface area contributed by atoms with Gasteiger partial charge in [-0.25, -0.2) is 0 Å². The summed E-state index contributed by atoms with van der Waals surface area (Å²) in [5.41, 5.74) is 0. The van der Waals surface area contributed by atoms with E-state index in [2.05, 4.69) is 31.9 Å². The molecule has 2 aliphatic rings. The van der Waals surface area contributed by atoms with Crippen LogP contribution in [0.2, 0.25) is 0 Å². The fourth-order valence-electron chi connectivity index (χ4n) is 2.27. The highest BCUT2D eigenvalue weighted by Crippen LogP contribution is 2.19. The van der Waals surface area contributed by atoms with Crippen LogP contribution in [0.25, 0.3) is 0 Å². The van der Waals surface area contributed by atoms with Gasteiger partial charge in [-0.2, -0.15) is 0 Å². The van der Waals surface area contributed by atoms with Gasteiger partial charge in [-0.3, -0.25) is 0 Å². The zero-order valence-electron chi connectivity index (χ0n) is 14.9. The van der Waals surface area contributed by atoms with Gasteiger partial charge in [-0.15, -0.1) is 0 Å². The van der Waals surface area contributed by atoms with E-state index in [9.17, 15) is 0 Å². The number of ether oxygens (including phenoxy) is 3. The van der Waals surface area contributed by atoms with Crippen molar-refractivity contribution >= 4 is 31.9 Å². The summed E-state index contributed by atoms with van der Waals surface area (Å²) in [6, 6.07) is 14.7. The molecule has 2 aromatic rings. The van der Waals surface area contributed by atoms with E-state index in [-0.39, 0.29) is 12.2 Å². The quantitative estimate of drug-likeness (QED) is 0.629. The Morgan fingerprint density at radius 3 is 1.78 bits per heavy atom. The molecule has 0 aromatic heterocycles. The average Bonchev–Trinajstić information content (AvgIpc) is 3.35. The molecule has 2 aliphatic heterocycles. The van der Waals surface area contributed by atoms with E-state index in [4.69, 9.17) is 24.4 Å². The molecule has 0 amide bonds. The summed E-state index contributed by atoms with van der Waals surface area (Å²) in [6.45, 7) is 2.82. The third-order valence-electron chi connectivity index (χ3n) is 3.74. The maximum atomic E-state index is 8.74. The van der Waals surface area contributed by atoms with Crippen LogP contribution in [-0.2, 0) is 9.47 Å². The van der Waals surface area contributed by atoms with E-state index in [1.54, 1.807) is 24.3 Å². The van der Waals surface area contributed by atoms with Crippen molar-refractivity contribution in [2.75, 3.05) is 26.4 Å². The topological polar surface area (TPSA) is 68.2 Å². The fraction of sp³-hybridized carbons (Fsp3) is 0.400. The van der Waals surface area contributed by atoms with Crippen molar-refractivity contribution in [2.45, 2.75) is 25.0 Å². The molecular weight excluding hydrogens is 480 g/mol. The van der Waals surface area contributed by atoms with Gasteiger partial charge in [-0.1, -0.05) is 31.9 Å². The summed E-state index contributed by atoms with van der Waals surface area (Å²) in [6.07, 6.45) is 1.88. The molecule has 2 saturated heterocycles. The minimum Gasteiger partial charge on any atom is -0.508 e. The normalized spacial score (nSPS) is 20.9. The zero-order valence-corrected chi connectivity index (χ0v) is 18.1. The molecule has 0 saturated carbocycles. The molecule has 2 unspecified atom stereocenters. The van der Waals surface area contributed by atoms with Crippen molar-refractivity contribution in [2.24, 2.45) is 0 Å². The second-order valence-corrected chi connectivity index (χ2v) is 7.88. The lowest BCUT2D eigenvalue weighted by atomic mass is 10.3. The number of hydrogen-bond acceptors (Lipinski definition) is 5. The predicted molar refractivity (Wildman–Crippen MR) is 111 cm³/mol. The van der Waals surface area contributed by atoms with Crippen LogP contribution in [0.1, 0.15) is 12.8 Å². The van der Waals surface area contributed by atoms with Gasteiger partial charge in [0.25, 0.3) is 0 Å². The summed E-state index contributed by atoms with van der Waals surface area (Å²) in [5, 5.41) is 17.3. The summed E-state index contributed by atoms with van der Waals surface area (Å²) in [5.74, 6) is 1.21. The largest absolute Gasteiger partial charge is 0.508 e.